The van der Waals surface area contributed by atoms with Crippen LogP contribution in [0.1, 0.15) is 74.0 Å². The number of carbonyl (C=O) groups excluding carboxylic acids is 1. The topological polar surface area (TPSA) is 64.8 Å². The second-order valence-corrected chi connectivity index (χ2v) is 12.4. The number of nitrogens with two attached hydrogens (primary N) is 1. The van der Waals surface area contributed by atoms with E-state index in [1.807, 2.05) is 20.8 Å². The van der Waals surface area contributed by atoms with Crippen LogP contribution in [-0.2, 0) is 4.74 Å². The van der Waals surface area contributed by atoms with Gasteiger partial charge in [0.2, 0.25) is 0 Å². The standard InChI is InChI=1S/C26H29NO.C17H23NO2/c1-4-25(21-11-7-5-8-12-21)26(22-13-9-6-10-14-22)23-15-17-24(18-16-23)28-20-19-27(2)3;1-5-17(4,12-8-9-13(2)3)20-16(19)14-10-6-7-11-15(14)18/h5-18H,4,19-20H2,1-3H3;5-7,9-11H,1,8,12,18H2,2-4H3/b26-25-;. The minimum absolute atomic E-state index is 0.391. The molecule has 0 radical (unpaired) electrons. The minimum Gasteiger partial charge on any atom is -0.492 e. The van der Waals surface area contributed by atoms with Crippen LogP contribution in [0.15, 0.2) is 133 Å². The van der Waals surface area contributed by atoms with E-state index in [2.05, 4.69) is 124 Å². The number of ether oxygens (including phenoxy) is 2. The van der Waals surface area contributed by atoms with Crippen LogP contribution in [0, 0.1) is 0 Å². The molecule has 1 atom stereocenters. The Morgan fingerprint density at radius 2 is 1.40 bits per heavy atom. The number of benzene rings is 4. The van der Waals surface area contributed by atoms with Gasteiger partial charge in [-0.05, 0) is 112 Å². The molecule has 4 aromatic rings. The normalized spacial score (nSPS) is 12.5. The highest BCUT2D eigenvalue weighted by molar-refractivity contribution is 5.98. The molecular formula is C43H52N2O3. The third-order valence-electron chi connectivity index (χ3n) is 7.92. The van der Waals surface area contributed by atoms with E-state index in [1.165, 1.54) is 33.4 Å². The van der Waals surface area contributed by atoms with Gasteiger partial charge in [-0.2, -0.15) is 0 Å². The maximum absolute atomic E-state index is 12.2. The molecule has 2 N–H and O–H groups in total. The zero-order valence-corrected chi connectivity index (χ0v) is 29.5. The molecule has 0 aromatic heterocycles. The molecule has 4 rings (SSSR count). The number of hydrogen-bond acceptors (Lipinski definition) is 5. The Morgan fingerprint density at radius 1 is 0.833 bits per heavy atom. The van der Waals surface area contributed by atoms with E-state index < -0.39 is 11.6 Å². The third-order valence-corrected chi connectivity index (χ3v) is 7.92. The van der Waals surface area contributed by atoms with Gasteiger partial charge in [0.1, 0.15) is 18.0 Å². The Balaban J connectivity index is 0.000000277. The number of nitrogen functional groups attached to an aromatic ring is 1. The van der Waals surface area contributed by atoms with Gasteiger partial charge in [-0.3, -0.25) is 0 Å². The molecule has 0 aliphatic carbocycles. The van der Waals surface area contributed by atoms with E-state index in [4.69, 9.17) is 15.2 Å². The smallest absolute Gasteiger partial charge is 0.341 e. The van der Waals surface area contributed by atoms with Gasteiger partial charge in [-0.1, -0.05) is 110 Å². The van der Waals surface area contributed by atoms with Crippen molar-refractivity contribution in [3.8, 4) is 5.75 Å². The third kappa shape index (κ3) is 11.7. The van der Waals surface area contributed by atoms with Gasteiger partial charge in [-0.15, -0.1) is 0 Å². The molecule has 0 spiro atoms. The summed E-state index contributed by atoms with van der Waals surface area (Å²) in [5, 5.41) is 0. The molecule has 5 nitrogen and oxygen atoms in total. The Labute approximate surface area is 288 Å². The summed E-state index contributed by atoms with van der Waals surface area (Å²) in [5.74, 6) is 0.499. The Bertz CT molecular complexity index is 1640. The first-order valence-corrected chi connectivity index (χ1v) is 16.6. The summed E-state index contributed by atoms with van der Waals surface area (Å²) >= 11 is 0. The highest BCUT2D eigenvalue weighted by Crippen LogP contribution is 2.35. The van der Waals surface area contributed by atoms with Crippen molar-refractivity contribution in [2.45, 2.75) is 52.6 Å². The number of anilines is 1. The van der Waals surface area contributed by atoms with Gasteiger partial charge in [0, 0.05) is 12.2 Å². The fraction of sp³-hybridized carbons (Fsp3) is 0.279. The second-order valence-electron chi connectivity index (χ2n) is 12.4. The number of nitrogens with zero attached hydrogens (tertiary/aromatic N) is 1. The van der Waals surface area contributed by atoms with Crippen LogP contribution in [0.3, 0.4) is 0 Å². The number of likely N-dealkylation sites (N-methyl/N-ethyl adjacent to an activating group) is 1. The first-order valence-electron chi connectivity index (χ1n) is 16.6. The molecule has 0 aliphatic rings. The summed E-state index contributed by atoms with van der Waals surface area (Å²) in [5.41, 5.74) is 13.5. The maximum Gasteiger partial charge on any atom is 0.341 e. The van der Waals surface area contributed by atoms with Crippen LogP contribution < -0.4 is 10.5 Å². The average molecular weight is 645 g/mol. The van der Waals surface area contributed by atoms with Crippen molar-refractivity contribution in [3.63, 3.8) is 0 Å². The van der Waals surface area contributed by atoms with E-state index in [9.17, 15) is 4.79 Å². The van der Waals surface area contributed by atoms with Crippen molar-refractivity contribution < 1.29 is 14.3 Å². The highest BCUT2D eigenvalue weighted by atomic mass is 16.6. The molecule has 0 fully saturated rings. The maximum atomic E-state index is 12.2. The largest absolute Gasteiger partial charge is 0.492 e. The van der Waals surface area contributed by atoms with Gasteiger partial charge in [-0.25, -0.2) is 4.79 Å². The molecule has 0 saturated heterocycles. The molecule has 0 aliphatic heterocycles. The molecular weight excluding hydrogens is 592 g/mol. The van der Waals surface area contributed by atoms with Crippen molar-refractivity contribution in [2.75, 3.05) is 33.0 Å². The minimum atomic E-state index is -0.689. The predicted molar refractivity (Wildman–Crippen MR) is 203 cm³/mol. The molecule has 1 unspecified atom stereocenters. The monoisotopic (exact) mass is 644 g/mol. The molecule has 4 aromatic carbocycles. The van der Waals surface area contributed by atoms with Crippen molar-refractivity contribution >= 4 is 22.8 Å². The van der Waals surface area contributed by atoms with E-state index in [0.717, 1.165) is 25.1 Å². The average Bonchev–Trinajstić information content (AvgIpc) is 3.08. The summed E-state index contributed by atoms with van der Waals surface area (Å²) in [6.45, 7) is 13.5. The summed E-state index contributed by atoms with van der Waals surface area (Å²) < 4.78 is 11.4. The van der Waals surface area contributed by atoms with Crippen LogP contribution >= 0.6 is 0 Å². The quantitative estimate of drug-likeness (QED) is 0.0641. The molecule has 48 heavy (non-hydrogen) atoms. The van der Waals surface area contributed by atoms with Crippen LogP contribution in [-0.4, -0.2) is 43.7 Å². The van der Waals surface area contributed by atoms with Crippen LogP contribution in [0.5, 0.6) is 5.75 Å². The number of rotatable bonds is 14. The second kappa shape index (κ2) is 19.1. The lowest BCUT2D eigenvalue weighted by Crippen LogP contribution is -2.29. The number of carbonyl (C=O) groups is 1. The Hall–Kier alpha value is -4.87. The fourth-order valence-corrected chi connectivity index (χ4v) is 5.14. The fourth-order valence-electron chi connectivity index (χ4n) is 5.14. The van der Waals surface area contributed by atoms with E-state index >= 15 is 0 Å². The SMILES string of the molecule is C=CC(C)(CCC=C(C)C)OC(=O)c1ccccc1N.CC/C(=C(\c1ccccc1)c1ccc(OCCN(C)C)cc1)c1ccccc1. The van der Waals surface area contributed by atoms with Crippen molar-refractivity contribution in [1.29, 1.82) is 0 Å². The highest BCUT2D eigenvalue weighted by Gasteiger charge is 2.26. The lowest BCUT2D eigenvalue weighted by atomic mass is 9.88. The molecule has 0 heterocycles. The Morgan fingerprint density at radius 3 is 1.94 bits per heavy atom. The molecule has 0 amide bonds. The van der Waals surface area contributed by atoms with Gasteiger partial charge in [0.15, 0.2) is 0 Å². The van der Waals surface area contributed by atoms with E-state index in [-0.39, 0.29) is 0 Å². The van der Waals surface area contributed by atoms with E-state index in [0.29, 0.717) is 24.3 Å². The summed E-state index contributed by atoms with van der Waals surface area (Å²) in [4.78, 5) is 14.3. The van der Waals surface area contributed by atoms with Crippen LogP contribution in [0.4, 0.5) is 5.69 Å². The van der Waals surface area contributed by atoms with Crippen molar-refractivity contribution in [1.82, 2.24) is 4.90 Å². The summed E-state index contributed by atoms with van der Waals surface area (Å²) in [6.07, 6.45) is 6.28. The van der Waals surface area contributed by atoms with Gasteiger partial charge in [0.05, 0.1) is 5.56 Å². The lowest BCUT2D eigenvalue weighted by Gasteiger charge is -2.26. The van der Waals surface area contributed by atoms with Gasteiger partial charge >= 0.3 is 5.97 Å². The predicted octanol–water partition coefficient (Wildman–Crippen LogP) is 10.1. The molecule has 0 saturated carbocycles. The summed E-state index contributed by atoms with van der Waals surface area (Å²) in [7, 11) is 4.11. The van der Waals surface area contributed by atoms with Gasteiger partial charge in [0.25, 0.3) is 0 Å². The van der Waals surface area contributed by atoms with E-state index in [1.54, 1.807) is 30.3 Å². The Kier molecular flexibility index (Phi) is 14.9. The number of allylic oxidation sites excluding steroid dienone is 3. The number of hydrogen-bond donors (Lipinski definition) is 1. The lowest BCUT2D eigenvalue weighted by molar-refractivity contribution is 0.00847. The molecule has 0 bridgehead atoms. The zero-order valence-electron chi connectivity index (χ0n) is 29.5. The molecule has 5 heteroatoms. The van der Waals surface area contributed by atoms with Crippen LogP contribution in [0.25, 0.3) is 11.1 Å². The number of para-hydroxylation sites is 1. The number of esters is 1. The zero-order chi connectivity index (χ0) is 34.9. The molecule has 252 valence electrons. The summed E-state index contributed by atoms with van der Waals surface area (Å²) in [6, 6.07) is 36.7. The first-order chi connectivity index (χ1) is 23.1. The van der Waals surface area contributed by atoms with Crippen molar-refractivity contribution in [2.24, 2.45) is 0 Å². The van der Waals surface area contributed by atoms with Crippen LogP contribution in [0.2, 0.25) is 0 Å². The first kappa shape index (κ1) is 37.6. The van der Waals surface area contributed by atoms with Crippen molar-refractivity contribution in [3.05, 3.63) is 156 Å². The van der Waals surface area contributed by atoms with Gasteiger partial charge < -0.3 is 20.1 Å².